The zero-order valence-corrected chi connectivity index (χ0v) is 18.4. The van der Waals surface area contributed by atoms with E-state index in [9.17, 15) is 9.59 Å². The molecule has 0 atom stereocenters. The van der Waals surface area contributed by atoms with Crippen LogP contribution in [-0.4, -0.2) is 46.9 Å². The highest BCUT2D eigenvalue weighted by atomic mass is 32.1. The average molecular weight is 447 g/mol. The van der Waals surface area contributed by atoms with Gasteiger partial charge in [0.2, 0.25) is 5.88 Å². The molecule has 0 aliphatic carbocycles. The van der Waals surface area contributed by atoms with Gasteiger partial charge in [-0.1, -0.05) is 24.1 Å². The van der Waals surface area contributed by atoms with Gasteiger partial charge in [0.1, 0.15) is 11.4 Å². The molecule has 0 spiro atoms. The lowest BCUT2D eigenvalue weighted by Gasteiger charge is -2.29. The van der Waals surface area contributed by atoms with E-state index >= 15 is 0 Å². The Balaban J connectivity index is 1.33. The maximum absolute atomic E-state index is 12.6. The van der Waals surface area contributed by atoms with E-state index < -0.39 is 0 Å². The van der Waals surface area contributed by atoms with Crippen molar-refractivity contribution in [2.75, 3.05) is 25.5 Å². The molecule has 0 unspecified atom stereocenters. The van der Waals surface area contributed by atoms with Gasteiger partial charge >= 0.3 is 0 Å². The van der Waals surface area contributed by atoms with E-state index in [4.69, 9.17) is 4.74 Å². The average Bonchev–Trinajstić information content (AvgIpc) is 3.34. The topological polar surface area (TPSA) is 84.4 Å². The number of amides is 2. The molecule has 0 radical (unpaired) electrons. The molecule has 1 aliphatic heterocycles. The van der Waals surface area contributed by atoms with Gasteiger partial charge in [0.05, 0.1) is 12.1 Å². The summed E-state index contributed by atoms with van der Waals surface area (Å²) in [7, 11) is 1.50. The van der Waals surface area contributed by atoms with Crippen LogP contribution in [0.15, 0.2) is 54.0 Å². The third-order valence-electron chi connectivity index (χ3n) is 5.19. The lowest BCUT2D eigenvalue weighted by atomic mass is 9.97. The van der Waals surface area contributed by atoms with E-state index in [1.807, 2.05) is 30.3 Å². The molecular formula is C24H22N4O3S. The van der Waals surface area contributed by atoms with Crippen LogP contribution in [0.25, 0.3) is 0 Å². The monoisotopic (exact) mass is 446 g/mol. The molecule has 162 valence electrons. The first-order chi connectivity index (χ1) is 15.6. The van der Waals surface area contributed by atoms with Gasteiger partial charge in [0.25, 0.3) is 11.8 Å². The molecule has 1 aromatic carbocycles. The molecule has 32 heavy (non-hydrogen) atoms. The number of anilines is 1. The number of carbonyl (C=O) groups is 2. The number of piperidine rings is 1. The lowest BCUT2D eigenvalue weighted by molar-refractivity contribution is -0.126. The fraction of sp³-hybridized carbons (Fsp3) is 0.250. The molecule has 2 aromatic heterocycles. The highest BCUT2D eigenvalue weighted by Crippen LogP contribution is 2.30. The number of pyridine rings is 1. The van der Waals surface area contributed by atoms with Crippen LogP contribution in [-0.2, 0) is 4.79 Å². The van der Waals surface area contributed by atoms with Crippen molar-refractivity contribution in [2.45, 2.75) is 18.8 Å². The molecule has 4 rings (SSSR count). The Morgan fingerprint density at radius 3 is 2.69 bits per heavy atom. The Morgan fingerprint density at radius 2 is 1.94 bits per heavy atom. The summed E-state index contributed by atoms with van der Waals surface area (Å²) >= 11 is 1.47. The van der Waals surface area contributed by atoms with Crippen molar-refractivity contribution in [3.8, 4) is 17.7 Å². The van der Waals surface area contributed by atoms with Gasteiger partial charge < -0.3 is 15.0 Å². The second kappa shape index (κ2) is 10.1. The molecule has 1 aliphatic rings. The summed E-state index contributed by atoms with van der Waals surface area (Å²) in [6, 6.07) is 12.9. The largest absolute Gasteiger partial charge is 0.480 e. The summed E-state index contributed by atoms with van der Waals surface area (Å²) in [6.45, 7) is 1.25. The lowest BCUT2D eigenvalue weighted by Crippen LogP contribution is -2.37. The smallest absolute Gasteiger partial charge is 0.298 e. The number of carbonyl (C=O) groups excluding carboxylic acids is 2. The van der Waals surface area contributed by atoms with Crippen molar-refractivity contribution in [1.29, 1.82) is 0 Å². The maximum atomic E-state index is 12.6. The van der Waals surface area contributed by atoms with Gasteiger partial charge in [0.15, 0.2) is 0 Å². The van der Waals surface area contributed by atoms with E-state index in [-0.39, 0.29) is 17.7 Å². The highest BCUT2D eigenvalue weighted by Gasteiger charge is 2.26. The SMILES string of the molecule is COc1ncccc1NC(=O)c1csc(C2CCN(C(=O)C#Cc3ccccc3)CC2)n1. The van der Waals surface area contributed by atoms with Crippen molar-refractivity contribution in [2.24, 2.45) is 0 Å². The van der Waals surface area contributed by atoms with Crippen LogP contribution in [0.5, 0.6) is 5.88 Å². The van der Waals surface area contributed by atoms with Crippen molar-refractivity contribution in [3.63, 3.8) is 0 Å². The van der Waals surface area contributed by atoms with Crippen LogP contribution in [0.4, 0.5) is 5.69 Å². The number of benzene rings is 1. The Kier molecular flexibility index (Phi) is 6.78. The van der Waals surface area contributed by atoms with E-state index in [1.165, 1.54) is 18.4 Å². The number of hydrogen-bond donors (Lipinski definition) is 1. The van der Waals surface area contributed by atoms with Crippen LogP contribution in [0.2, 0.25) is 0 Å². The number of methoxy groups -OCH3 is 1. The molecule has 1 N–H and O–H groups in total. The molecule has 0 saturated carbocycles. The summed E-state index contributed by atoms with van der Waals surface area (Å²) in [5.74, 6) is 5.76. The first kappa shape index (κ1) is 21.5. The minimum absolute atomic E-state index is 0.156. The summed E-state index contributed by atoms with van der Waals surface area (Å²) in [5.41, 5.74) is 1.69. The number of rotatable bonds is 4. The van der Waals surface area contributed by atoms with Gasteiger partial charge in [0, 0.05) is 42.1 Å². The summed E-state index contributed by atoms with van der Waals surface area (Å²) in [4.78, 5) is 35.4. The summed E-state index contributed by atoms with van der Waals surface area (Å²) in [5, 5.41) is 5.47. The van der Waals surface area contributed by atoms with E-state index in [1.54, 1.807) is 28.6 Å². The number of hydrogen-bond acceptors (Lipinski definition) is 6. The van der Waals surface area contributed by atoms with Crippen LogP contribution >= 0.6 is 11.3 Å². The standard InChI is InChI=1S/C24H22N4O3S/c1-31-23-19(8-5-13-25-23)26-22(30)20-16-32-24(27-20)18-11-14-28(15-12-18)21(29)10-9-17-6-3-2-4-7-17/h2-8,13,16,18H,11-12,14-15H2,1H3,(H,26,30). The predicted octanol–water partition coefficient (Wildman–Crippen LogP) is 3.56. The van der Waals surface area contributed by atoms with Crippen LogP contribution < -0.4 is 10.1 Å². The molecular weight excluding hydrogens is 424 g/mol. The van der Waals surface area contributed by atoms with Gasteiger partial charge in [-0.2, -0.15) is 0 Å². The molecule has 2 amide bonds. The third-order valence-corrected chi connectivity index (χ3v) is 6.19. The molecule has 8 heteroatoms. The molecule has 1 fully saturated rings. The van der Waals surface area contributed by atoms with Gasteiger partial charge in [-0.05, 0) is 37.1 Å². The fourth-order valence-electron chi connectivity index (χ4n) is 3.47. The van der Waals surface area contributed by atoms with E-state index in [2.05, 4.69) is 27.1 Å². The van der Waals surface area contributed by atoms with Crippen LogP contribution in [0.1, 0.15) is 39.8 Å². The summed E-state index contributed by atoms with van der Waals surface area (Å²) in [6.07, 6.45) is 3.19. The highest BCUT2D eigenvalue weighted by molar-refractivity contribution is 7.10. The Labute approximate surface area is 190 Å². The first-order valence-corrected chi connectivity index (χ1v) is 11.1. The number of nitrogens with zero attached hydrogens (tertiary/aromatic N) is 3. The molecule has 3 heterocycles. The van der Waals surface area contributed by atoms with Gasteiger partial charge in [-0.15, -0.1) is 11.3 Å². The fourth-order valence-corrected chi connectivity index (χ4v) is 4.44. The Hall–Kier alpha value is -3.70. The molecule has 7 nitrogen and oxygen atoms in total. The van der Waals surface area contributed by atoms with Crippen molar-refractivity contribution in [1.82, 2.24) is 14.9 Å². The normalized spacial score (nSPS) is 13.7. The van der Waals surface area contributed by atoms with Crippen molar-refractivity contribution >= 4 is 28.8 Å². The van der Waals surface area contributed by atoms with Gasteiger partial charge in [-0.3, -0.25) is 9.59 Å². The van der Waals surface area contributed by atoms with Crippen molar-refractivity contribution < 1.29 is 14.3 Å². The third kappa shape index (κ3) is 5.13. The Morgan fingerprint density at radius 1 is 1.16 bits per heavy atom. The first-order valence-electron chi connectivity index (χ1n) is 10.3. The van der Waals surface area contributed by atoms with Crippen molar-refractivity contribution in [3.05, 3.63) is 70.3 Å². The van der Waals surface area contributed by atoms with E-state index in [0.29, 0.717) is 30.4 Å². The number of ether oxygens (including phenoxy) is 1. The molecule has 0 bridgehead atoms. The van der Waals surface area contributed by atoms with Gasteiger partial charge in [-0.25, -0.2) is 9.97 Å². The molecule has 3 aromatic rings. The van der Waals surface area contributed by atoms with E-state index in [0.717, 1.165) is 23.4 Å². The minimum atomic E-state index is -0.303. The zero-order valence-electron chi connectivity index (χ0n) is 17.6. The van der Waals surface area contributed by atoms with Crippen LogP contribution in [0, 0.1) is 11.8 Å². The summed E-state index contributed by atoms with van der Waals surface area (Å²) < 4.78 is 5.17. The second-order valence-corrected chi connectivity index (χ2v) is 8.16. The number of nitrogens with one attached hydrogen (secondary N) is 1. The quantitative estimate of drug-likeness (QED) is 0.620. The second-order valence-electron chi connectivity index (χ2n) is 7.27. The zero-order chi connectivity index (χ0) is 22.3. The maximum Gasteiger partial charge on any atom is 0.298 e. The number of aromatic nitrogens is 2. The molecule has 1 saturated heterocycles. The predicted molar refractivity (Wildman–Crippen MR) is 123 cm³/mol. The number of likely N-dealkylation sites (tertiary alicyclic amines) is 1. The number of thiazole rings is 1. The minimum Gasteiger partial charge on any atom is -0.480 e. The van der Waals surface area contributed by atoms with Crippen LogP contribution in [0.3, 0.4) is 0 Å². The Bertz CT molecular complexity index is 1160.